The van der Waals surface area contributed by atoms with Crippen molar-refractivity contribution in [3.05, 3.63) is 89.0 Å². The van der Waals surface area contributed by atoms with Crippen LogP contribution in [0.5, 0.6) is 0 Å². The molecule has 1 aliphatic heterocycles. The molecule has 0 spiro atoms. The molecule has 0 unspecified atom stereocenters. The lowest BCUT2D eigenvalue weighted by Gasteiger charge is -2.31. The number of nitrogens with zero attached hydrogens (tertiary/aromatic N) is 1. The smallest absolute Gasteiger partial charge is 0.261 e. The first-order valence-electron chi connectivity index (χ1n) is 12.0. The molecule has 2 N–H and O–H groups in total. The summed E-state index contributed by atoms with van der Waals surface area (Å²) >= 11 is 0. The van der Waals surface area contributed by atoms with Gasteiger partial charge in [-0.2, -0.15) is 0 Å². The van der Waals surface area contributed by atoms with Gasteiger partial charge in [-0.15, -0.1) is 0 Å². The molecule has 0 saturated carbocycles. The van der Waals surface area contributed by atoms with Gasteiger partial charge < -0.3 is 5.32 Å². The van der Waals surface area contributed by atoms with Crippen LogP contribution in [0.25, 0.3) is 0 Å². The standard InChI is InChI=1S/C28H33N3O3S/c1-20-4-7-23(8-5-20)19-31-16-14-24(15-17-31)28(32)29-25-9-11-26(12-10-25)35(33,34)30-27-13-6-21(2)18-22(27)3/h4-13,18,24,30H,14-17,19H2,1-3H3,(H,29,32). The van der Waals surface area contributed by atoms with Crippen molar-refractivity contribution < 1.29 is 13.2 Å². The van der Waals surface area contributed by atoms with Crippen molar-refractivity contribution in [1.82, 2.24) is 4.90 Å². The van der Waals surface area contributed by atoms with Crippen molar-refractivity contribution in [2.45, 2.75) is 45.1 Å². The van der Waals surface area contributed by atoms with Gasteiger partial charge in [-0.25, -0.2) is 8.42 Å². The van der Waals surface area contributed by atoms with Crippen LogP contribution in [0.2, 0.25) is 0 Å². The summed E-state index contributed by atoms with van der Waals surface area (Å²) in [4.78, 5) is 15.3. The molecule has 184 valence electrons. The van der Waals surface area contributed by atoms with Crippen LogP contribution in [0, 0.1) is 26.7 Å². The maximum Gasteiger partial charge on any atom is 0.261 e. The zero-order valence-electron chi connectivity index (χ0n) is 20.5. The fraction of sp³-hybridized carbons (Fsp3) is 0.321. The third kappa shape index (κ3) is 6.50. The fourth-order valence-electron chi connectivity index (χ4n) is 4.40. The maximum absolute atomic E-state index is 12.8. The van der Waals surface area contributed by atoms with Crippen LogP contribution in [-0.4, -0.2) is 32.3 Å². The largest absolute Gasteiger partial charge is 0.326 e. The predicted octanol–water partition coefficient (Wildman–Crippen LogP) is 5.26. The summed E-state index contributed by atoms with van der Waals surface area (Å²) in [6, 6.07) is 20.5. The molecular weight excluding hydrogens is 458 g/mol. The summed E-state index contributed by atoms with van der Waals surface area (Å²) in [6.45, 7) is 8.59. The van der Waals surface area contributed by atoms with E-state index in [1.807, 2.05) is 26.0 Å². The minimum absolute atomic E-state index is 0.0102. The van der Waals surface area contributed by atoms with E-state index in [1.54, 1.807) is 18.2 Å². The van der Waals surface area contributed by atoms with Gasteiger partial charge in [0.15, 0.2) is 0 Å². The van der Waals surface area contributed by atoms with Gasteiger partial charge >= 0.3 is 0 Å². The molecule has 1 saturated heterocycles. The summed E-state index contributed by atoms with van der Waals surface area (Å²) < 4.78 is 28.2. The molecular formula is C28H33N3O3S. The molecule has 0 aromatic heterocycles. The zero-order chi connectivity index (χ0) is 25.0. The summed E-state index contributed by atoms with van der Waals surface area (Å²) in [7, 11) is -3.72. The average Bonchev–Trinajstić information content (AvgIpc) is 2.83. The van der Waals surface area contributed by atoms with Crippen molar-refractivity contribution in [1.29, 1.82) is 0 Å². The van der Waals surface area contributed by atoms with Gasteiger partial charge in [0, 0.05) is 18.2 Å². The summed E-state index contributed by atoms with van der Waals surface area (Å²) in [5, 5.41) is 2.95. The van der Waals surface area contributed by atoms with Crippen molar-refractivity contribution in [2.75, 3.05) is 23.1 Å². The second kappa shape index (κ2) is 10.6. The molecule has 0 aliphatic carbocycles. The van der Waals surface area contributed by atoms with E-state index >= 15 is 0 Å². The lowest BCUT2D eigenvalue weighted by atomic mass is 9.95. The van der Waals surface area contributed by atoms with Crippen LogP contribution in [0.15, 0.2) is 71.6 Å². The number of piperidine rings is 1. The maximum atomic E-state index is 12.8. The number of sulfonamides is 1. The Bertz CT molecular complexity index is 1280. The number of carbonyl (C=O) groups is 1. The Kier molecular flexibility index (Phi) is 7.57. The Labute approximate surface area is 208 Å². The minimum atomic E-state index is -3.72. The molecule has 1 heterocycles. The Balaban J connectivity index is 1.30. The highest BCUT2D eigenvalue weighted by Gasteiger charge is 2.25. The molecule has 7 heteroatoms. The Hall–Kier alpha value is -3.16. The van der Waals surface area contributed by atoms with E-state index in [1.165, 1.54) is 23.3 Å². The lowest BCUT2D eigenvalue weighted by Crippen LogP contribution is -2.37. The first-order chi connectivity index (χ1) is 16.7. The zero-order valence-corrected chi connectivity index (χ0v) is 21.4. The first-order valence-corrected chi connectivity index (χ1v) is 13.5. The molecule has 1 aliphatic rings. The molecule has 1 amide bonds. The van der Waals surface area contributed by atoms with Gasteiger partial charge in [-0.1, -0.05) is 47.5 Å². The molecule has 4 rings (SSSR count). The number of benzene rings is 3. The molecule has 6 nitrogen and oxygen atoms in total. The number of hydrogen-bond donors (Lipinski definition) is 2. The number of likely N-dealkylation sites (tertiary alicyclic amines) is 1. The van der Waals surface area contributed by atoms with E-state index in [0.717, 1.165) is 43.6 Å². The molecule has 0 atom stereocenters. The predicted molar refractivity (Wildman–Crippen MR) is 141 cm³/mol. The highest BCUT2D eigenvalue weighted by Crippen LogP contribution is 2.24. The van der Waals surface area contributed by atoms with E-state index in [0.29, 0.717) is 11.4 Å². The molecule has 3 aromatic rings. The third-order valence-corrected chi connectivity index (χ3v) is 7.92. The second-order valence-corrected chi connectivity index (χ2v) is 11.2. The van der Waals surface area contributed by atoms with Crippen LogP contribution < -0.4 is 10.0 Å². The SMILES string of the molecule is Cc1ccc(CN2CCC(C(=O)Nc3ccc(S(=O)(=O)Nc4ccc(C)cc4C)cc3)CC2)cc1. The Morgan fingerprint density at radius 1 is 0.886 bits per heavy atom. The van der Waals surface area contributed by atoms with E-state index in [-0.39, 0.29) is 16.7 Å². The number of nitrogens with one attached hydrogen (secondary N) is 2. The number of rotatable bonds is 7. The van der Waals surface area contributed by atoms with Crippen molar-refractivity contribution >= 4 is 27.3 Å². The number of hydrogen-bond acceptors (Lipinski definition) is 4. The van der Waals surface area contributed by atoms with Crippen LogP contribution in [-0.2, 0) is 21.4 Å². The van der Waals surface area contributed by atoms with Gasteiger partial charge in [-0.3, -0.25) is 14.4 Å². The number of aryl methyl sites for hydroxylation is 3. The average molecular weight is 492 g/mol. The third-order valence-electron chi connectivity index (χ3n) is 6.54. The molecule has 1 fully saturated rings. The van der Waals surface area contributed by atoms with E-state index in [4.69, 9.17) is 0 Å². The van der Waals surface area contributed by atoms with E-state index in [2.05, 4.69) is 46.1 Å². The Morgan fingerprint density at radius 3 is 2.14 bits per heavy atom. The molecule has 3 aromatic carbocycles. The monoisotopic (exact) mass is 491 g/mol. The first kappa shape index (κ1) is 24.9. The van der Waals surface area contributed by atoms with Gasteiger partial charge in [0.05, 0.1) is 10.6 Å². The highest BCUT2D eigenvalue weighted by atomic mass is 32.2. The normalized spacial score (nSPS) is 15.1. The van der Waals surface area contributed by atoms with Crippen molar-refractivity contribution in [3.63, 3.8) is 0 Å². The van der Waals surface area contributed by atoms with E-state index < -0.39 is 10.0 Å². The topological polar surface area (TPSA) is 78.5 Å². The second-order valence-electron chi connectivity index (χ2n) is 9.47. The quantitative estimate of drug-likeness (QED) is 0.472. The molecule has 0 bridgehead atoms. The number of anilines is 2. The summed E-state index contributed by atoms with van der Waals surface area (Å²) in [5.41, 5.74) is 5.64. The summed E-state index contributed by atoms with van der Waals surface area (Å²) in [5.74, 6) is -0.0529. The molecule has 35 heavy (non-hydrogen) atoms. The fourth-order valence-corrected chi connectivity index (χ4v) is 5.53. The van der Waals surface area contributed by atoms with Crippen molar-refractivity contribution in [3.8, 4) is 0 Å². The lowest BCUT2D eigenvalue weighted by molar-refractivity contribution is -0.121. The molecule has 0 radical (unpaired) electrons. The van der Waals surface area contributed by atoms with Gasteiger partial charge in [0.2, 0.25) is 5.91 Å². The van der Waals surface area contributed by atoms with E-state index in [9.17, 15) is 13.2 Å². The summed E-state index contributed by atoms with van der Waals surface area (Å²) in [6.07, 6.45) is 1.62. The minimum Gasteiger partial charge on any atom is -0.326 e. The Morgan fingerprint density at radius 2 is 1.51 bits per heavy atom. The number of amides is 1. The van der Waals surface area contributed by atoms with Crippen LogP contribution in [0.3, 0.4) is 0 Å². The van der Waals surface area contributed by atoms with Crippen LogP contribution in [0.1, 0.15) is 35.1 Å². The van der Waals surface area contributed by atoms with Crippen molar-refractivity contribution in [2.24, 2.45) is 5.92 Å². The van der Waals surface area contributed by atoms with Gasteiger partial charge in [-0.05, 0) is 88.2 Å². The van der Waals surface area contributed by atoms with Gasteiger partial charge in [0.1, 0.15) is 0 Å². The highest BCUT2D eigenvalue weighted by molar-refractivity contribution is 7.92. The van der Waals surface area contributed by atoms with Gasteiger partial charge in [0.25, 0.3) is 10.0 Å². The van der Waals surface area contributed by atoms with Crippen LogP contribution in [0.4, 0.5) is 11.4 Å². The number of carbonyl (C=O) groups excluding carboxylic acids is 1. The van der Waals surface area contributed by atoms with Crippen LogP contribution >= 0.6 is 0 Å².